The van der Waals surface area contributed by atoms with Crippen LogP contribution in [0.5, 0.6) is 0 Å². The predicted octanol–water partition coefficient (Wildman–Crippen LogP) is 6.43. The van der Waals surface area contributed by atoms with E-state index in [4.69, 9.17) is 39.4 Å². The maximum absolute atomic E-state index is 12.9. The van der Waals surface area contributed by atoms with E-state index in [0.717, 1.165) is 51.4 Å². The van der Waals surface area contributed by atoms with Gasteiger partial charge in [-0.3, -0.25) is 9.59 Å². The molecule has 0 atom stereocenters. The number of hydrogen-bond acceptors (Lipinski definition) is 20. The molecule has 0 saturated carbocycles. The fourth-order valence-corrected chi connectivity index (χ4v) is 13.3. The van der Waals surface area contributed by atoms with Crippen LogP contribution < -0.4 is 51.5 Å². The minimum atomic E-state index is -0.495. The van der Waals surface area contributed by atoms with Gasteiger partial charge >= 0.3 is 11.9 Å². The number of anilines is 6. The third kappa shape index (κ3) is 16.6. The Morgan fingerprint density at radius 1 is 0.405 bits per heavy atom. The van der Waals surface area contributed by atoms with Crippen LogP contribution in [0.25, 0.3) is 0 Å². The molecule has 4 aliphatic heterocycles. The second-order valence-corrected chi connectivity index (χ2v) is 27.6. The number of carbonyl (C=O) groups excluding carboxylic acids is 2. The first-order chi connectivity index (χ1) is 33.9. The van der Waals surface area contributed by atoms with E-state index >= 15 is 0 Å². The van der Waals surface area contributed by atoms with Crippen molar-refractivity contribution < 1.29 is 19.1 Å². The molecule has 4 fully saturated rings. The van der Waals surface area contributed by atoms with Crippen molar-refractivity contribution in [2.45, 2.75) is 243 Å². The summed E-state index contributed by atoms with van der Waals surface area (Å²) in [6.45, 7) is 36.6. The summed E-state index contributed by atoms with van der Waals surface area (Å²) in [4.78, 5) is 64.3. The van der Waals surface area contributed by atoms with E-state index in [9.17, 15) is 9.59 Å². The average Bonchev–Trinajstić information content (AvgIpc) is 3.23. The van der Waals surface area contributed by atoms with Gasteiger partial charge in [0.15, 0.2) is 0 Å². The minimum absolute atomic E-state index is 0.0633. The van der Waals surface area contributed by atoms with Crippen molar-refractivity contribution in [1.29, 1.82) is 0 Å². The van der Waals surface area contributed by atoms with Crippen molar-refractivity contribution >= 4 is 47.6 Å². The van der Waals surface area contributed by atoms with Crippen LogP contribution in [0.2, 0.25) is 0 Å². The fourth-order valence-electron chi connectivity index (χ4n) is 13.3. The molecule has 0 amide bonds. The maximum atomic E-state index is 12.9. The first-order valence-electron chi connectivity index (χ1n) is 27.3. The largest absolute Gasteiger partial charge is 0.464 e. The number of aromatic nitrogens is 6. The maximum Gasteiger partial charge on any atom is 0.306 e. The molecule has 74 heavy (non-hydrogen) atoms. The van der Waals surface area contributed by atoms with E-state index < -0.39 is 11.9 Å². The molecule has 4 aliphatic rings. The van der Waals surface area contributed by atoms with Gasteiger partial charge in [0.2, 0.25) is 35.7 Å². The molecule has 2 aromatic rings. The molecule has 418 valence electrons. The van der Waals surface area contributed by atoms with Crippen molar-refractivity contribution in [3.8, 4) is 0 Å². The molecule has 0 radical (unpaired) electrons. The third-order valence-corrected chi connectivity index (χ3v) is 15.2. The summed E-state index contributed by atoms with van der Waals surface area (Å²) < 4.78 is 11.1. The monoisotopic (exact) mass is 1030 g/mol. The Hall–Kier alpha value is -4.40. The normalized spacial score (nSPS) is 23.0. The van der Waals surface area contributed by atoms with E-state index in [1.165, 1.54) is 0 Å². The standard InChI is InChI=1S/C54H98N16O4/c1-47(2)27-35(28-48(3,4)63-47)67(17)43-57-41(58-44(61-43)68(18)36-29-49(5,6)64-50(7,8)30-36)55-23-25-73-39(71)21-22-40(72)74-26-24-56-42-59-45(69(19)37-31-51(9,10)65-52(11,12)32-37)62-46(60-42)70(20)38-33-53(13,14)66-54(15,16)34-38/h35-38,63-66H,21-34H2,1-20H3,(H,55,57,58,61)(H,56,59,60,62). The molecule has 20 heteroatoms. The summed E-state index contributed by atoms with van der Waals surface area (Å²) in [7, 11) is 8.27. The zero-order valence-electron chi connectivity index (χ0n) is 49.3. The number of carbonyl (C=O) groups is 2. The van der Waals surface area contributed by atoms with Gasteiger partial charge in [0.1, 0.15) is 13.2 Å². The number of hydrogen-bond donors (Lipinski definition) is 6. The van der Waals surface area contributed by atoms with E-state index in [-0.39, 0.29) is 108 Å². The predicted molar refractivity (Wildman–Crippen MR) is 299 cm³/mol. The molecule has 0 spiro atoms. The van der Waals surface area contributed by atoms with Gasteiger partial charge in [-0.25, -0.2) is 0 Å². The Labute approximate surface area is 444 Å². The van der Waals surface area contributed by atoms with Crippen LogP contribution >= 0.6 is 0 Å². The van der Waals surface area contributed by atoms with E-state index in [1.54, 1.807) is 0 Å². The highest BCUT2D eigenvalue weighted by Gasteiger charge is 2.44. The highest BCUT2D eigenvalue weighted by Crippen LogP contribution is 2.37. The molecule has 0 aromatic carbocycles. The van der Waals surface area contributed by atoms with Gasteiger partial charge in [-0.15, -0.1) is 0 Å². The Morgan fingerprint density at radius 3 is 0.811 bits per heavy atom. The number of nitrogens with zero attached hydrogens (tertiary/aromatic N) is 10. The van der Waals surface area contributed by atoms with E-state index in [0.29, 0.717) is 35.7 Å². The Bertz CT molecular complexity index is 1920. The van der Waals surface area contributed by atoms with Gasteiger partial charge in [-0.2, -0.15) is 29.9 Å². The topological polar surface area (TPSA) is 215 Å². The van der Waals surface area contributed by atoms with Crippen LogP contribution in [0.4, 0.5) is 35.7 Å². The van der Waals surface area contributed by atoms with Crippen molar-refractivity contribution in [2.24, 2.45) is 0 Å². The average molecular weight is 1040 g/mol. The summed E-state index contributed by atoms with van der Waals surface area (Å²) in [6, 6.07) is 0.786. The summed E-state index contributed by atoms with van der Waals surface area (Å²) in [6.07, 6.45) is 7.19. The van der Waals surface area contributed by atoms with Crippen molar-refractivity contribution in [1.82, 2.24) is 51.2 Å². The lowest BCUT2D eigenvalue weighted by atomic mass is 9.79. The molecule has 6 N–H and O–H groups in total. The lowest BCUT2D eigenvalue weighted by molar-refractivity contribution is -0.149. The van der Waals surface area contributed by atoms with Gasteiger partial charge in [0, 0.05) is 96.7 Å². The zero-order chi connectivity index (χ0) is 55.0. The molecular weight excluding hydrogens is 937 g/mol. The molecule has 4 saturated heterocycles. The second-order valence-electron chi connectivity index (χ2n) is 27.6. The SMILES string of the molecule is CN(c1nc(NCCOC(=O)CCC(=O)OCCNc2nc(N(C)C3CC(C)(C)NC(C)(C)C3)nc(N(C)C3CC(C)(C)NC(C)(C)C3)n2)nc(N(C)C2CC(C)(C)NC(C)(C)C2)n1)C1CC(C)(C)NC(C)(C)C1. The zero-order valence-corrected chi connectivity index (χ0v) is 49.3. The molecule has 6 heterocycles. The van der Waals surface area contributed by atoms with E-state index in [1.807, 2.05) is 0 Å². The number of piperidine rings is 4. The van der Waals surface area contributed by atoms with Crippen molar-refractivity contribution in [2.75, 3.05) is 84.7 Å². The number of rotatable bonds is 19. The fraction of sp³-hybridized carbons (Fsp3) is 0.852. The first kappa shape index (κ1) is 58.9. The van der Waals surface area contributed by atoms with Gasteiger partial charge in [0.25, 0.3) is 0 Å². The number of ether oxygens (including phenoxy) is 2. The van der Waals surface area contributed by atoms with E-state index in [2.05, 4.69) is 190 Å². The second kappa shape index (κ2) is 21.9. The molecule has 0 bridgehead atoms. The molecule has 20 nitrogen and oxygen atoms in total. The van der Waals surface area contributed by atoms with Crippen LogP contribution in [0.1, 0.15) is 175 Å². The quantitative estimate of drug-likeness (QED) is 0.0661. The third-order valence-electron chi connectivity index (χ3n) is 15.2. The summed E-state index contributed by atoms with van der Waals surface area (Å²) in [5.74, 6) is 2.18. The Morgan fingerprint density at radius 2 is 0.608 bits per heavy atom. The highest BCUT2D eigenvalue weighted by atomic mass is 16.5. The molecular formula is C54H98N16O4. The van der Waals surface area contributed by atoms with Crippen LogP contribution in [0.15, 0.2) is 0 Å². The Kier molecular flexibility index (Phi) is 17.4. The molecule has 0 unspecified atom stereocenters. The van der Waals surface area contributed by atoms with Gasteiger partial charge < -0.3 is 61.0 Å². The lowest BCUT2D eigenvalue weighted by Crippen LogP contribution is -2.62. The van der Waals surface area contributed by atoms with Crippen molar-refractivity contribution in [3.63, 3.8) is 0 Å². The highest BCUT2D eigenvalue weighted by molar-refractivity contribution is 5.77. The van der Waals surface area contributed by atoms with Crippen LogP contribution in [-0.2, 0) is 19.1 Å². The van der Waals surface area contributed by atoms with Crippen LogP contribution in [-0.4, -0.2) is 165 Å². The summed E-state index contributed by atoms with van der Waals surface area (Å²) in [5, 5.41) is 21.7. The summed E-state index contributed by atoms with van der Waals surface area (Å²) >= 11 is 0. The van der Waals surface area contributed by atoms with Gasteiger partial charge in [-0.05, 0) is 162 Å². The molecule has 0 aliphatic carbocycles. The number of esters is 2. The van der Waals surface area contributed by atoms with Crippen LogP contribution in [0.3, 0.4) is 0 Å². The molecule has 6 rings (SSSR count). The molecule has 2 aromatic heterocycles. The first-order valence-corrected chi connectivity index (χ1v) is 27.3. The van der Waals surface area contributed by atoms with Gasteiger partial charge in [-0.1, -0.05) is 0 Å². The lowest BCUT2D eigenvalue weighted by Gasteiger charge is -2.49. The smallest absolute Gasteiger partial charge is 0.306 e. The van der Waals surface area contributed by atoms with Gasteiger partial charge in [0.05, 0.1) is 25.9 Å². The van der Waals surface area contributed by atoms with Crippen LogP contribution in [0, 0.1) is 0 Å². The Balaban J connectivity index is 1.03. The number of nitrogens with one attached hydrogen (secondary N) is 6. The summed E-state index contributed by atoms with van der Waals surface area (Å²) in [5.41, 5.74) is -0.519. The van der Waals surface area contributed by atoms with Crippen molar-refractivity contribution in [3.05, 3.63) is 0 Å². The minimum Gasteiger partial charge on any atom is -0.464 e.